The van der Waals surface area contributed by atoms with E-state index in [1.54, 1.807) is 30.9 Å². The highest BCUT2D eigenvalue weighted by molar-refractivity contribution is 7.93. The first kappa shape index (κ1) is 19.6. The zero-order chi connectivity index (χ0) is 19.8. The molecule has 0 N–H and O–H groups in total. The van der Waals surface area contributed by atoms with Crippen molar-refractivity contribution in [1.29, 1.82) is 0 Å². The lowest BCUT2D eigenvalue weighted by Crippen LogP contribution is -2.51. The molecule has 0 aliphatic heterocycles. The Bertz CT molecular complexity index is 957. The second-order valence-corrected chi connectivity index (χ2v) is 9.89. The van der Waals surface area contributed by atoms with Crippen molar-refractivity contribution in [3.8, 4) is 0 Å². The second-order valence-electron chi connectivity index (χ2n) is 7.66. The van der Waals surface area contributed by atoms with Crippen LogP contribution in [-0.4, -0.2) is 40.8 Å². The summed E-state index contributed by atoms with van der Waals surface area (Å²) < 4.78 is 27.6. The number of amides is 1. The first-order valence-electron chi connectivity index (χ1n) is 9.22. The fraction of sp³-hybridized carbons (Fsp3) is 0.500. The smallest absolute Gasteiger partial charge is 0.244 e. The Morgan fingerprint density at radius 2 is 1.93 bits per heavy atom. The van der Waals surface area contributed by atoms with E-state index in [4.69, 9.17) is 0 Å². The van der Waals surface area contributed by atoms with Crippen LogP contribution >= 0.6 is 0 Å². The third-order valence-electron chi connectivity index (χ3n) is 5.47. The predicted octanol–water partition coefficient (Wildman–Crippen LogP) is 2.78. The van der Waals surface area contributed by atoms with Gasteiger partial charge in [0.25, 0.3) is 0 Å². The molecule has 1 aliphatic rings. The van der Waals surface area contributed by atoms with E-state index in [9.17, 15) is 13.2 Å². The van der Waals surface area contributed by atoms with Gasteiger partial charge in [0.2, 0.25) is 5.91 Å². The van der Waals surface area contributed by atoms with Crippen molar-refractivity contribution in [2.75, 3.05) is 7.05 Å². The third-order valence-corrected chi connectivity index (χ3v) is 8.10. The summed E-state index contributed by atoms with van der Waals surface area (Å²) in [4.78, 5) is 15.2. The number of aryl methyl sites for hydroxylation is 3. The Balaban J connectivity index is 1.99. The maximum absolute atomic E-state index is 13.7. The van der Waals surface area contributed by atoms with Crippen LogP contribution in [0.5, 0.6) is 0 Å². The van der Waals surface area contributed by atoms with Gasteiger partial charge in [0.1, 0.15) is 0 Å². The molecule has 2 aromatic rings. The molecule has 1 aliphatic carbocycles. The lowest BCUT2D eigenvalue weighted by Gasteiger charge is -2.32. The minimum atomic E-state index is -3.80. The Hall–Kier alpha value is -2.15. The average Bonchev–Trinajstić information content (AvgIpc) is 3.26. The van der Waals surface area contributed by atoms with Gasteiger partial charge in [-0.2, -0.15) is 5.10 Å². The van der Waals surface area contributed by atoms with Gasteiger partial charge < -0.3 is 4.90 Å². The van der Waals surface area contributed by atoms with Gasteiger partial charge >= 0.3 is 0 Å². The second kappa shape index (κ2) is 7.11. The zero-order valence-corrected chi connectivity index (χ0v) is 17.2. The van der Waals surface area contributed by atoms with Gasteiger partial charge in [0.05, 0.1) is 11.1 Å². The summed E-state index contributed by atoms with van der Waals surface area (Å²) in [5.74, 6) is -0.315. The highest BCUT2D eigenvalue weighted by atomic mass is 32.2. The number of sulfone groups is 1. The van der Waals surface area contributed by atoms with Gasteiger partial charge in [-0.25, -0.2) is 8.42 Å². The van der Waals surface area contributed by atoms with Crippen LogP contribution in [0.1, 0.15) is 42.4 Å². The van der Waals surface area contributed by atoms with Crippen molar-refractivity contribution in [3.05, 3.63) is 47.3 Å². The summed E-state index contributed by atoms with van der Waals surface area (Å²) in [5, 5.41) is 4.12. The van der Waals surface area contributed by atoms with Gasteiger partial charge in [-0.3, -0.25) is 9.48 Å². The van der Waals surface area contributed by atoms with Crippen molar-refractivity contribution < 1.29 is 13.2 Å². The molecule has 1 fully saturated rings. The molecule has 0 spiro atoms. The van der Waals surface area contributed by atoms with Gasteiger partial charge in [-0.05, 0) is 43.9 Å². The van der Waals surface area contributed by atoms with Crippen molar-refractivity contribution in [2.24, 2.45) is 7.05 Å². The molecule has 146 valence electrons. The van der Waals surface area contributed by atoms with Crippen LogP contribution in [0.25, 0.3) is 0 Å². The topological polar surface area (TPSA) is 72.3 Å². The maximum Gasteiger partial charge on any atom is 0.244 e. The van der Waals surface area contributed by atoms with Crippen molar-refractivity contribution in [2.45, 2.75) is 55.7 Å². The molecule has 27 heavy (non-hydrogen) atoms. The van der Waals surface area contributed by atoms with Crippen molar-refractivity contribution in [3.63, 3.8) is 0 Å². The summed E-state index contributed by atoms with van der Waals surface area (Å²) in [5.41, 5.74) is 2.45. The largest absolute Gasteiger partial charge is 0.340 e. The van der Waals surface area contributed by atoms with E-state index in [2.05, 4.69) is 5.10 Å². The number of nitrogens with zero attached hydrogens (tertiary/aromatic N) is 3. The zero-order valence-electron chi connectivity index (χ0n) is 16.4. The molecule has 7 heteroatoms. The van der Waals surface area contributed by atoms with Gasteiger partial charge in [-0.15, -0.1) is 0 Å². The molecule has 1 aromatic carbocycles. The molecule has 1 heterocycles. The number of aromatic nitrogens is 2. The molecule has 0 unspecified atom stereocenters. The molecule has 0 atom stereocenters. The minimum absolute atomic E-state index is 0.285. The average molecular weight is 390 g/mol. The molecule has 0 saturated heterocycles. The van der Waals surface area contributed by atoms with Crippen LogP contribution in [0, 0.1) is 13.8 Å². The normalized spacial score (nSPS) is 16.4. The Labute approximate surface area is 161 Å². The first-order valence-corrected chi connectivity index (χ1v) is 10.7. The van der Waals surface area contributed by atoms with E-state index in [1.807, 2.05) is 32.3 Å². The lowest BCUT2D eigenvalue weighted by molar-refractivity contribution is -0.133. The van der Waals surface area contributed by atoms with E-state index in [-0.39, 0.29) is 10.8 Å². The Morgan fingerprint density at radius 1 is 1.26 bits per heavy atom. The third kappa shape index (κ3) is 3.40. The highest BCUT2D eigenvalue weighted by Crippen LogP contribution is 2.43. The minimum Gasteiger partial charge on any atom is -0.340 e. The van der Waals surface area contributed by atoms with Gasteiger partial charge in [-0.1, -0.05) is 25.0 Å². The molecule has 1 saturated carbocycles. The SMILES string of the molecule is Cc1ccc(C)c(S(=O)(=O)C2(C(=O)N(C)Cc3cnn(C)c3)CCCC2)c1. The highest BCUT2D eigenvalue weighted by Gasteiger charge is 2.54. The fourth-order valence-corrected chi connectivity index (χ4v) is 6.46. The number of hydrogen-bond acceptors (Lipinski definition) is 4. The first-order chi connectivity index (χ1) is 12.7. The number of hydrogen-bond donors (Lipinski definition) is 0. The molecule has 1 aromatic heterocycles. The molecule has 6 nitrogen and oxygen atoms in total. The van der Waals surface area contributed by atoms with Crippen molar-refractivity contribution >= 4 is 15.7 Å². The fourth-order valence-electron chi connectivity index (χ4n) is 4.00. The summed E-state index contributed by atoms with van der Waals surface area (Å²) >= 11 is 0. The van der Waals surface area contributed by atoms with Crippen LogP contribution in [-0.2, 0) is 28.2 Å². The number of carbonyl (C=O) groups excluding carboxylic acids is 1. The Morgan fingerprint density at radius 3 is 2.52 bits per heavy atom. The van der Waals surface area contributed by atoms with Gasteiger partial charge in [0.15, 0.2) is 14.6 Å². The molecule has 3 rings (SSSR count). The van der Waals surface area contributed by atoms with Crippen LogP contribution in [0.2, 0.25) is 0 Å². The van der Waals surface area contributed by atoms with E-state index in [0.717, 1.165) is 24.0 Å². The number of benzene rings is 1. The molecule has 1 amide bonds. The summed E-state index contributed by atoms with van der Waals surface area (Å²) in [7, 11) is -0.308. The molecule has 0 radical (unpaired) electrons. The van der Waals surface area contributed by atoms with Crippen LogP contribution in [0.4, 0.5) is 0 Å². The molecular weight excluding hydrogens is 362 g/mol. The van der Waals surface area contributed by atoms with Crippen molar-refractivity contribution in [1.82, 2.24) is 14.7 Å². The monoisotopic (exact) mass is 389 g/mol. The Kier molecular flexibility index (Phi) is 5.16. The standard InChI is InChI=1S/C20H27N3O3S/c1-15-7-8-16(2)18(11-15)27(25,26)20(9-5-6-10-20)19(24)22(3)13-17-12-21-23(4)14-17/h7-8,11-12,14H,5-6,9-10,13H2,1-4H3. The summed E-state index contributed by atoms with van der Waals surface area (Å²) in [6.45, 7) is 4.01. The van der Waals surface area contributed by atoms with Crippen LogP contribution in [0.15, 0.2) is 35.5 Å². The maximum atomic E-state index is 13.7. The lowest BCUT2D eigenvalue weighted by atomic mass is 10.1. The van der Waals surface area contributed by atoms with E-state index in [0.29, 0.717) is 24.9 Å². The van der Waals surface area contributed by atoms with Crippen LogP contribution < -0.4 is 0 Å². The van der Waals surface area contributed by atoms with E-state index < -0.39 is 14.6 Å². The summed E-state index contributed by atoms with van der Waals surface area (Å²) in [6.07, 6.45) is 5.78. The van der Waals surface area contributed by atoms with Crippen LogP contribution in [0.3, 0.4) is 0 Å². The van der Waals surface area contributed by atoms with E-state index >= 15 is 0 Å². The quantitative estimate of drug-likeness (QED) is 0.788. The van der Waals surface area contributed by atoms with E-state index in [1.165, 1.54) is 4.90 Å². The summed E-state index contributed by atoms with van der Waals surface area (Å²) in [6, 6.07) is 5.40. The number of rotatable bonds is 5. The molecular formula is C20H27N3O3S. The predicted molar refractivity (Wildman–Crippen MR) is 104 cm³/mol. The van der Waals surface area contributed by atoms with Gasteiger partial charge in [0, 0.05) is 32.4 Å². The number of carbonyl (C=O) groups is 1. The molecule has 0 bridgehead atoms.